The number of phenolic OH excluding ortho intramolecular Hbond substituents is 1. The molecule has 274 valence electrons. The van der Waals surface area contributed by atoms with Crippen LogP contribution in [-0.4, -0.2) is 66.5 Å². The van der Waals surface area contributed by atoms with Gasteiger partial charge in [-0.05, 0) is 60.5 Å². The largest absolute Gasteiger partial charge is 0.507 e. The van der Waals surface area contributed by atoms with Crippen LogP contribution in [0, 0.1) is 6.92 Å². The van der Waals surface area contributed by atoms with E-state index in [1.165, 1.54) is 55.5 Å². The van der Waals surface area contributed by atoms with Gasteiger partial charge < -0.3 is 40.1 Å². The van der Waals surface area contributed by atoms with Gasteiger partial charge in [-0.2, -0.15) is 0 Å². The highest BCUT2D eigenvalue weighted by Crippen LogP contribution is 2.23. The number of hydrogen-bond acceptors (Lipinski definition) is 10. The number of para-hydroxylation sites is 4. The summed E-state index contributed by atoms with van der Waals surface area (Å²) in [5.74, 6) is -5.92. The molecule has 0 saturated heterocycles. The summed E-state index contributed by atoms with van der Waals surface area (Å²) in [7, 11) is 0. The van der Waals surface area contributed by atoms with Crippen molar-refractivity contribution in [3.8, 4) is 23.0 Å². The quantitative estimate of drug-likeness (QED) is 0.0756. The fraction of sp³-hybridized carbons (Fsp3) is 0.0769. The molecule has 14 heteroatoms. The molecule has 5 aromatic rings. The minimum atomic E-state index is -1.19. The number of esters is 2. The number of aromatic carboxylic acids is 3. The lowest BCUT2D eigenvalue weighted by Crippen LogP contribution is -2.11. The van der Waals surface area contributed by atoms with E-state index in [-0.39, 0.29) is 51.7 Å². The molecule has 53 heavy (non-hydrogen) atoms. The van der Waals surface area contributed by atoms with Crippen LogP contribution < -0.4 is 9.47 Å². The number of aromatic hydroxyl groups is 2. The monoisotopic (exact) mass is 726 g/mol. The van der Waals surface area contributed by atoms with Gasteiger partial charge in [0, 0.05) is 6.92 Å². The second-order valence-electron chi connectivity index (χ2n) is 10.4. The van der Waals surface area contributed by atoms with E-state index in [1.54, 1.807) is 61.5 Å². The minimum Gasteiger partial charge on any atom is -0.507 e. The highest BCUT2D eigenvalue weighted by Gasteiger charge is 2.17. The Bertz CT molecular complexity index is 2050. The fourth-order valence-corrected chi connectivity index (χ4v) is 4.02. The third-order valence-electron chi connectivity index (χ3n) is 6.48. The molecule has 0 fully saturated rings. The van der Waals surface area contributed by atoms with Crippen LogP contribution in [0.25, 0.3) is 0 Å². The average Bonchev–Trinajstić information content (AvgIpc) is 3.10. The van der Waals surface area contributed by atoms with E-state index in [4.69, 9.17) is 25.2 Å². The van der Waals surface area contributed by atoms with Crippen molar-refractivity contribution in [1.29, 1.82) is 0 Å². The zero-order valence-electron chi connectivity index (χ0n) is 28.2. The van der Waals surface area contributed by atoms with E-state index in [1.807, 2.05) is 18.2 Å². The van der Waals surface area contributed by atoms with Crippen molar-refractivity contribution in [2.75, 3.05) is 0 Å². The van der Waals surface area contributed by atoms with Gasteiger partial charge in [0.2, 0.25) is 0 Å². The van der Waals surface area contributed by atoms with E-state index in [9.17, 15) is 39.0 Å². The number of carboxylic acid groups (broad SMARTS) is 4. The number of hydrogen-bond donors (Lipinski definition) is 6. The molecule has 6 N–H and O–H groups in total. The zero-order valence-corrected chi connectivity index (χ0v) is 28.2. The van der Waals surface area contributed by atoms with Gasteiger partial charge in [-0.25, -0.2) is 19.2 Å². The molecule has 0 aliphatic rings. The lowest BCUT2D eigenvalue weighted by Gasteiger charge is -2.07. The summed E-state index contributed by atoms with van der Waals surface area (Å²) in [4.78, 5) is 64.6. The molecule has 5 rings (SSSR count). The molecule has 0 unspecified atom stereocenters. The molecule has 14 nitrogen and oxygen atoms in total. The molecular weight excluding hydrogens is 692 g/mol. The fourth-order valence-electron chi connectivity index (χ4n) is 4.02. The van der Waals surface area contributed by atoms with E-state index in [2.05, 4.69) is 4.74 Å². The summed E-state index contributed by atoms with van der Waals surface area (Å²) in [5, 5.41) is 53.3. The normalized spacial score (nSPS) is 9.55. The number of phenols is 2. The highest BCUT2D eigenvalue weighted by atomic mass is 16.5. The Balaban J connectivity index is 0.000000253. The maximum atomic E-state index is 11.8. The molecule has 0 heterocycles. The summed E-state index contributed by atoms with van der Waals surface area (Å²) >= 11 is 0. The van der Waals surface area contributed by atoms with E-state index < -0.39 is 35.8 Å². The van der Waals surface area contributed by atoms with E-state index >= 15 is 0 Å². The third kappa shape index (κ3) is 14.1. The van der Waals surface area contributed by atoms with Gasteiger partial charge in [0.15, 0.2) is 0 Å². The number of aryl methyl sites for hydroxylation is 1. The average molecular weight is 727 g/mol. The van der Waals surface area contributed by atoms with Crippen molar-refractivity contribution in [2.24, 2.45) is 0 Å². The molecule has 5 aromatic carbocycles. The van der Waals surface area contributed by atoms with Crippen LogP contribution in [-0.2, 0) is 16.0 Å². The van der Waals surface area contributed by atoms with Gasteiger partial charge in [-0.15, -0.1) is 0 Å². The van der Waals surface area contributed by atoms with Crippen LogP contribution >= 0.6 is 0 Å². The molecule has 0 bridgehead atoms. The molecule has 0 aliphatic carbocycles. The Labute approximate surface area is 302 Å². The first kappa shape index (κ1) is 41.7. The Kier molecular flexibility index (Phi) is 16.4. The molecular formula is C39H34O14. The first-order valence-electron chi connectivity index (χ1n) is 15.2. The maximum Gasteiger partial charge on any atom is 0.347 e. The molecule has 0 radical (unpaired) electrons. The lowest BCUT2D eigenvalue weighted by atomic mass is 10.1. The van der Waals surface area contributed by atoms with Gasteiger partial charge in [0.1, 0.15) is 45.3 Å². The Morgan fingerprint density at radius 3 is 1.40 bits per heavy atom. The predicted molar refractivity (Wildman–Crippen MR) is 189 cm³/mol. The molecule has 0 saturated carbocycles. The predicted octanol–water partition coefficient (Wildman–Crippen LogP) is 6.33. The van der Waals surface area contributed by atoms with Crippen molar-refractivity contribution in [3.63, 3.8) is 0 Å². The smallest absolute Gasteiger partial charge is 0.347 e. The lowest BCUT2D eigenvalue weighted by molar-refractivity contribution is -0.136. The summed E-state index contributed by atoms with van der Waals surface area (Å²) in [6.45, 7) is 2.88. The van der Waals surface area contributed by atoms with Crippen LogP contribution in [0.3, 0.4) is 0 Å². The number of carbonyl (C=O) groups is 6. The first-order valence-corrected chi connectivity index (χ1v) is 15.2. The van der Waals surface area contributed by atoms with Gasteiger partial charge in [0.05, 0.1) is 6.42 Å². The zero-order chi connectivity index (χ0) is 39.5. The summed E-state index contributed by atoms with van der Waals surface area (Å²) < 4.78 is 9.68. The summed E-state index contributed by atoms with van der Waals surface area (Å²) in [6.07, 6.45) is 0.112. The number of carbonyl (C=O) groups excluding carboxylic acids is 2. The summed E-state index contributed by atoms with van der Waals surface area (Å²) in [6, 6.07) is 31.4. The van der Waals surface area contributed by atoms with Crippen molar-refractivity contribution in [3.05, 3.63) is 155 Å². The standard InChI is InChI=1S/C14H10O5.C9H8O4.C8H8O3.C8H8O2/c15-11-7-3-1-5-9(11)14(18)19-12-8-4-2-6-10(12)13(16)17;1-6(10)13-8-5-3-2-4-7(8)9(11)12;1-5-3-2-4-6(7(5)9)8(10)11;9-8(10)6-7-4-2-1-3-5-7/h1-8,15H,(H,16,17);2-5H,1H3,(H,11,12);2-4,9H,1H3,(H,10,11);1-5H,6H2,(H,9,10). The van der Waals surface area contributed by atoms with Crippen LogP contribution in [0.1, 0.15) is 59.5 Å². The Morgan fingerprint density at radius 2 is 0.943 bits per heavy atom. The highest BCUT2D eigenvalue weighted by molar-refractivity contribution is 5.97. The summed E-state index contributed by atoms with van der Waals surface area (Å²) in [5.41, 5.74) is 1.21. The Morgan fingerprint density at radius 1 is 0.509 bits per heavy atom. The molecule has 0 aromatic heterocycles. The van der Waals surface area contributed by atoms with Gasteiger partial charge in [0.25, 0.3) is 0 Å². The van der Waals surface area contributed by atoms with E-state index in [0.717, 1.165) is 5.56 Å². The Hall–Kier alpha value is -7.48. The topological polar surface area (TPSA) is 242 Å². The first-order chi connectivity index (χ1) is 25.1. The van der Waals surface area contributed by atoms with Gasteiger partial charge >= 0.3 is 35.8 Å². The second kappa shape index (κ2) is 20.9. The molecule has 0 amide bonds. The van der Waals surface area contributed by atoms with Gasteiger partial charge in [-0.3, -0.25) is 9.59 Å². The van der Waals surface area contributed by atoms with Crippen molar-refractivity contribution in [1.82, 2.24) is 0 Å². The van der Waals surface area contributed by atoms with Crippen LogP contribution in [0.2, 0.25) is 0 Å². The number of benzene rings is 5. The van der Waals surface area contributed by atoms with E-state index in [0.29, 0.717) is 5.56 Å². The number of ether oxygens (including phenoxy) is 2. The third-order valence-corrected chi connectivity index (χ3v) is 6.48. The van der Waals surface area contributed by atoms with Crippen molar-refractivity contribution < 1.29 is 68.9 Å². The van der Waals surface area contributed by atoms with Crippen molar-refractivity contribution in [2.45, 2.75) is 20.3 Å². The minimum absolute atomic E-state index is 0.0160. The van der Waals surface area contributed by atoms with Crippen LogP contribution in [0.15, 0.2) is 121 Å². The van der Waals surface area contributed by atoms with Gasteiger partial charge in [-0.1, -0.05) is 78.9 Å². The van der Waals surface area contributed by atoms with Crippen LogP contribution in [0.5, 0.6) is 23.0 Å². The SMILES string of the molecule is CC(=O)Oc1ccccc1C(=O)O.Cc1cccc(C(=O)O)c1O.O=C(O)Cc1ccccc1.O=C(Oc1ccccc1C(=O)O)c1ccccc1O. The van der Waals surface area contributed by atoms with Crippen LogP contribution in [0.4, 0.5) is 0 Å². The number of carboxylic acids is 4. The van der Waals surface area contributed by atoms with Crippen molar-refractivity contribution >= 4 is 35.8 Å². The second-order valence-corrected chi connectivity index (χ2v) is 10.4. The molecule has 0 spiro atoms. The maximum absolute atomic E-state index is 11.8. The molecule has 0 aliphatic heterocycles. The number of rotatable bonds is 8. The number of aliphatic carboxylic acids is 1. The molecule has 0 atom stereocenters.